The Balaban J connectivity index is 0.00000139. The molecule has 1 nitrogen and oxygen atoms in total. The van der Waals surface area contributed by atoms with Crippen molar-refractivity contribution in [2.24, 2.45) is 0 Å². The number of hydrogen-bond acceptors (Lipinski definition) is 2. The summed E-state index contributed by atoms with van der Waals surface area (Å²) in [6.45, 7) is 14.4. The van der Waals surface area contributed by atoms with Crippen LogP contribution in [0.15, 0.2) is 231 Å². The van der Waals surface area contributed by atoms with E-state index in [1.165, 1.54) is 64.7 Å². The van der Waals surface area contributed by atoms with Gasteiger partial charge in [-0.3, -0.25) is 0 Å². The molecule has 0 radical (unpaired) electrons. The summed E-state index contributed by atoms with van der Waals surface area (Å²) in [5.74, 6) is 0. The van der Waals surface area contributed by atoms with E-state index in [9.17, 15) is 0 Å². The molecule has 8 aromatic rings. The summed E-state index contributed by atoms with van der Waals surface area (Å²) in [5.41, 5.74) is 12.7. The normalized spacial score (nSPS) is 13.0. The van der Waals surface area contributed by atoms with Gasteiger partial charge >= 0.3 is 0 Å². The highest BCUT2D eigenvalue weighted by Gasteiger charge is 2.41. The van der Waals surface area contributed by atoms with Crippen molar-refractivity contribution >= 4 is 54.5 Å². The van der Waals surface area contributed by atoms with Crippen LogP contribution in [0.3, 0.4) is 0 Å². The van der Waals surface area contributed by atoms with Gasteiger partial charge in [0.25, 0.3) is 0 Å². The summed E-state index contributed by atoms with van der Waals surface area (Å²) in [6, 6.07) is 62.0. The highest BCUT2D eigenvalue weighted by Crippen LogP contribution is 2.50. The standard InChI is InChI=1S/C56H47NS.C4H8/c1-5-7-22-44(6-2)45-32-30-43(31-33-45)21-18-19-40-57(48-25-12-9-13-26-48)49-36-34-47(35-37-49)56(46-23-10-8-11-24-46,52-28-16-14-20-41(52)3)53-39-38-51-50-27-15-17-29-54(50)58-55(51)42(53)4;1-3-4-2/h5-40H,1H2,2-4H3;3-4H,1-2H3/b21-18+,22-7-,40-19+,44-6+;4-3-. The molecule has 0 aliphatic carbocycles. The topological polar surface area (TPSA) is 3.24 Å². The first kappa shape index (κ1) is 43.1. The van der Waals surface area contributed by atoms with Crippen LogP contribution in [0.4, 0.5) is 11.4 Å². The second-order valence-electron chi connectivity index (χ2n) is 15.2. The van der Waals surface area contributed by atoms with Crippen LogP contribution in [0.1, 0.15) is 65.3 Å². The minimum atomic E-state index is -0.569. The zero-order chi connectivity index (χ0) is 43.3. The highest BCUT2D eigenvalue weighted by molar-refractivity contribution is 7.26. The number of thiophene rings is 1. The Morgan fingerprint density at radius 2 is 1.19 bits per heavy atom. The van der Waals surface area contributed by atoms with Gasteiger partial charge < -0.3 is 4.90 Å². The third-order valence-electron chi connectivity index (χ3n) is 11.5. The van der Waals surface area contributed by atoms with Gasteiger partial charge in [0.05, 0.1) is 5.41 Å². The number of benzene rings is 7. The van der Waals surface area contributed by atoms with E-state index >= 15 is 0 Å². The van der Waals surface area contributed by atoms with Gasteiger partial charge in [-0.15, -0.1) is 11.3 Å². The number of fused-ring (bicyclic) bond motifs is 3. The summed E-state index contributed by atoms with van der Waals surface area (Å²) < 4.78 is 2.66. The maximum atomic E-state index is 3.80. The number of aryl methyl sites for hydroxylation is 2. The van der Waals surface area contributed by atoms with Gasteiger partial charge in [-0.05, 0) is 121 Å². The molecule has 0 N–H and O–H groups in total. The van der Waals surface area contributed by atoms with Crippen LogP contribution in [0.2, 0.25) is 0 Å². The minimum Gasteiger partial charge on any atom is -0.317 e. The molecule has 0 amide bonds. The fourth-order valence-corrected chi connectivity index (χ4v) is 9.55. The second-order valence-corrected chi connectivity index (χ2v) is 16.3. The van der Waals surface area contributed by atoms with Crippen molar-refractivity contribution in [3.63, 3.8) is 0 Å². The van der Waals surface area contributed by atoms with Gasteiger partial charge in [-0.1, -0.05) is 195 Å². The van der Waals surface area contributed by atoms with Crippen molar-refractivity contribution in [3.05, 3.63) is 276 Å². The molecular weight excluding hydrogens is 767 g/mol. The van der Waals surface area contributed by atoms with Gasteiger partial charge in [0, 0.05) is 37.7 Å². The molecule has 7 aromatic carbocycles. The third kappa shape index (κ3) is 9.03. The molecule has 2 heteroatoms. The molecule has 8 rings (SSSR count). The average Bonchev–Trinajstić information content (AvgIpc) is 3.72. The monoisotopic (exact) mass is 821 g/mol. The first-order valence-corrected chi connectivity index (χ1v) is 22.2. The van der Waals surface area contributed by atoms with Crippen LogP contribution >= 0.6 is 11.3 Å². The number of allylic oxidation sites excluding steroid dienone is 9. The van der Waals surface area contributed by atoms with Crippen molar-refractivity contribution in [3.8, 4) is 0 Å². The van der Waals surface area contributed by atoms with E-state index in [-0.39, 0.29) is 0 Å². The van der Waals surface area contributed by atoms with E-state index in [4.69, 9.17) is 0 Å². The molecule has 62 heavy (non-hydrogen) atoms. The lowest BCUT2D eigenvalue weighted by Gasteiger charge is -2.39. The van der Waals surface area contributed by atoms with Crippen molar-refractivity contribution in [1.29, 1.82) is 0 Å². The lowest BCUT2D eigenvalue weighted by molar-refractivity contribution is 0.734. The average molecular weight is 822 g/mol. The molecule has 0 saturated carbocycles. The second kappa shape index (κ2) is 20.5. The van der Waals surface area contributed by atoms with Gasteiger partial charge in [0.2, 0.25) is 0 Å². The van der Waals surface area contributed by atoms with Crippen LogP contribution in [0.5, 0.6) is 0 Å². The van der Waals surface area contributed by atoms with Crippen LogP contribution in [0.25, 0.3) is 31.8 Å². The highest BCUT2D eigenvalue weighted by atomic mass is 32.1. The predicted octanol–water partition coefficient (Wildman–Crippen LogP) is 17.1. The molecule has 0 spiro atoms. The van der Waals surface area contributed by atoms with E-state index in [2.05, 4.69) is 239 Å². The Hall–Kier alpha value is -7.00. The third-order valence-corrected chi connectivity index (χ3v) is 12.8. The van der Waals surface area contributed by atoms with Crippen LogP contribution < -0.4 is 4.90 Å². The Labute approximate surface area is 373 Å². The lowest BCUT2D eigenvalue weighted by Crippen LogP contribution is -2.32. The molecule has 306 valence electrons. The molecule has 0 aliphatic rings. The van der Waals surface area contributed by atoms with Crippen molar-refractivity contribution in [2.45, 2.75) is 40.0 Å². The Morgan fingerprint density at radius 1 is 0.565 bits per heavy atom. The molecule has 1 aromatic heterocycles. The Bertz CT molecular complexity index is 2880. The number of hydrogen-bond donors (Lipinski definition) is 0. The van der Waals surface area contributed by atoms with Gasteiger partial charge in [0.1, 0.15) is 0 Å². The van der Waals surface area contributed by atoms with Crippen molar-refractivity contribution < 1.29 is 0 Å². The van der Waals surface area contributed by atoms with Crippen LogP contribution in [-0.2, 0) is 5.41 Å². The van der Waals surface area contributed by atoms with Crippen LogP contribution in [-0.4, -0.2) is 0 Å². The van der Waals surface area contributed by atoms with Gasteiger partial charge in [-0.2, -0.15) is 0 Å². The minimum absolute atomic E-state index is 0.569. The molecule has 0 aliphatic heterocycles. The molecule has 1 heterocycles. The zero-order valence-electron chi connectivity index (χ0n) is 36.5. The van der Waals surface area contributed by atoms with E-state index < -0.39 is 5.41 Å². The lowest BCUT2D eigenvalue weighted by atomic mass is 9.63. The summed E-state index contributed by atoms with van der Waals surface area (Å²) >= 11 is 1.90. The Morgan fingerprint density at radius 3 is 1.87 bits per heavy atom. The molecule has 1 unspecified atom stereocenters. The quantitative estimate of drug-likeness (QED) is 0.0674. The number of para-hydroxylation sites is 1. The SMILES string of the molecule is C/C=C\C.C=C/C=C\C(=C/C)c1ccc(/C=C/C=C/N(c2ccccc2)c2ccc(C(c3ccccc3)(c3ccccc3C)c3ccc4c(sc5ccccc54)c3C)cc2)cc1. The molecule has 0 bridgehead atoms. The van der Waals surface area contributed by atoms with Crippen molar-refractivity contribution in [2.75, 3.05) is 4.90 Å². The Kier molecular flexibility index (Phi) is 14.3. The summed E-state index contributed by atoms with van der Waals surface area (Å²) in [7, 11) is 0. The molecule has 0 fully saturated rings. The number of anilines is 2. The fourth-order valence-electron chi connectivity index (χ4n) is 8.35. The fraction of sp³-hybridized carbons (Fsp3) is 0.100. The summed E-state index contributed by atoms with van der Waals surface area (Å²) in [6.07, 6.45) is 20.5. The largest absolute Gasteiger partial charge is 0.317 e. The first-order valence-electron chi connectivity index (χ1n) is 21.4. The van der Waals surface area contributed by atoms with E-state index in [0.29, 0.717) is 0 Å². The maximum absolute atomic E-state index is 3.80. The maximum Gasteiger partial charge on any atom is 0.0707 e. The smallest absolute Gasteiger partial charge is 0.0707 e. The van der Waals surface area contributed by atoms with Gasteiger partial charge in [-0.25, -0.2) is 0 Å². The van der Waals surface area contributed by atoms with Gasteiger partial charge in [0.15, 0.2) is 0 Å². The van der Waals surface area contributed by atoms with E-state index in [0.717, 1.165) is 16.9 Å². The molecule has 1 atom stereocenters. The van der Waals surface area contributed by atoms with Crippen molar-refractivity contribution in [1.82, 2.24) is 0 Å². The van der Waals surface area contributed by atoms with Crippen LogP contribution in [0, 0.1) is 13.8 Å². The van der Waals surface area contributed by atoms with E-state index in [1.54, 1.807) is 6.08 Å². The number of rotatable bonds is 12. The van der Waals surface area contributed by atoms with E-state index in [1.807, 2.05) is 43.4 Å². The number of nitrogens with zero attached hydrogens (tertiary/aromatic N) is 1. The first-order chi connectivity index (χ1) is 30.4. The zero-order valence-corrected chi connectivity index (χ0v) is 37.3. The summed E-state index contributed by atoms with van der Waals surface area (Å²) in [4.78, 5) is 2.26. The summed E-state index contributed by atoms with van der Waals surface area (Å²) in [5, 5.41) is 2.64. The predicted molar refractivity (Wildman–Crippen MR) is 274 cm³/mol. The molecular formula is C60H55NS. The molecule has 0 saturated heterocycles.